The van der Waals surface area contributed by atoms with Gasteiger partial charge in [0.25, 0.3) is 0 Å². The van der Waals surface area contributed by atoms with Gasteiger partial charge in [-0.15, -0.1) is 0 Å². The van der Waals surface area contributed by atoms with Crippen LogP contribution in [0.4, 0.5) is 0 Å². The molecule has 102 valence electrons. The first-order valence-corrected chi connectivity index (χ1v) is 6.89. The maximum absolute atomic E-state index is 9.40. The second-order valence-electron chi connectivity index (χ2n) is 4.65. The van der Waals surface area contributed by atoms with Crippen LogP contribution in [0.3, 0.4) is 0 Å². The number of rotatable bonds is 10. The van der Waals surface area contributed by atoms with Crippen molar-refractivity contribution >= 4 is 0 Å². The fourth-order valence-corrected chi connectivity index (χ4v) is 1.80. The molecule has 0 bridgehead atoms. The molecule has 0 aliphatic rings. The molecule has 3 nitrogen and oxygen atoms in total. The van der Waals surface area contributed by atoms with Gasteiger partial charge in [-0.3, -0.25) is 0 Å². The molecule has 3 heteroatoms. The van der Waals surface area contributed by atoms with Crippen molar-refractivity contribution in [2.75, 3.05) is 0 Å². The summed E-state index contributed by atoms with van der Waals surface area (Å²) in [5, 5.41) is 18.8. The summed E-state index contributed by atoms with van der Waals surface area (Å²) in [6, 6.07) is 0. The van der Waals surface area contributed by atoms with Crippen molar-refractivity contribution < 1.29 is 10.2 Å². The monoisotopic (exact) mass is 243 g/mol. The van der Waals surface area contributed by atoms with Gasteiger partial charge < -0.3 is 15.1 Å². The highest BCUT2D eigenvalue weighted by atomic mass is 16.3. The molecule has 0 fully saturated rings. The van der Waals surface area contributed by atoms with E-state index in [-0.39, 0.29) is 0 Å². The Morgan fingerprint density at radius 1 is 0.941 bits per heavy atom. The van der Waals surface area contributed by atoms with Crippen molar-refractivity contribution in [1.29, 1.82) is 0 Å². The van der Waals surface area contributed by atoms with Gasteiger partial charge in [0.05, 0.1) is 0 Å². The molecule has 0 saturated carbocycles. The topological polar surface area (TPSA) is 43.7 Å². The summed E-state index contributed by atoms with van der Waals surface area (Å²) in [5.74, 6) is 0. The third-order valence-corrected chi connectivity index (χ3v) is 2.86. The summed E-state index contributed by atoms with van der Waals surface area (Å²) < 4.78 is 0. The van der Waals surface area contributed by atoms with E-state index in [1.165, 1.54) is 43.4 Å². The zero-order valence-electron chi connectivity index (χ0n) is 11.6. The van der Waals surface area contributed by atoms with Crippen LogP contribution in [0, 0.1) is 0 Å². The molecule has 0 aliphatic heterocycles. The maximum atomic E-state index is 9.40. The van der Waals surface area contributed by atoms with Crippen LogP contribution in [0.25, 0.3) is 0 Å². The first kappa shape index (κ1) is 16.5. The predicted octanol–water partition coefficient (Wildman–Crippen LogP) is 3.23. The molecule has 2 unspecified atom stereocenters. The van der Waals surface area contributed by atoms with Gasteiger partial charge in [-0.1, -0.05) is 45.1 Å². The van der Waals surface area contributed by atoms with Crippen molar-refractivity contribution in [2.45, 2.75) is 78.2 Å². The first-order chi connectivity index (χ1) is 8.09. The smallest absolute Gasteiger partial charge is 0.125 e. The van der Waals surface area contributed by atoms with Crippen molar-refractivity contribution in [3.05, 3.63) is 12.3 Å². The summed E-state index contributed by atoms with van der Waals surface area (Å²) >= 11 is 0. The van der Waals surface area contributed by atoms with Crippen LogP contribution in [-0.2, 0) is 0 Å². The molecule has 0 aromatic heterocycles. The van der Waals surface area contributed by atoms with Crippen LogP contribution in [-0.4, -0.2) is 27.6 Å². The highest BCUT2D eigenvalue weighted by molar-refractivity contribution is 4.83. The molecule has 0 amide bonds. The van der Waals surface area contributed by atoms with Gasteiger partial charge >= 0.3 is 0 Å². The number of nitrogens with zero attached hydrogens (tertiary/aromatic N) is 1. The molecule has 0 aromatic carbocycles. The van der Waals surface area contributed by atoms with Crippen LogP contribution >= 0.6 is 0 Å². The minimum atomic E-state index is -0.643. The van der Waals surface area contributed by atoms with E-state index in [1.54, 1.807) is 20.0 Å². The SMILES string of the molecule is CCCCCCCCC=CN(C(C)O)C(C)O. The van der Waals surface area contributed by atoms with Gasteiger partial charge in [0.1, 0.15) is 12.5 Å². The van der Waals surface area contributed by atoms with E-state index in [0.717, 1.165) is 6.42 Å². The van der Waals surface area contributed by atoms with E-state index in [2.05, 4.69) is 6.92 Å². The molecule has 0 aromatic rings. The summed E-state index contributed by atoms with van der Waals surface area (Å²) in [6.07, 6.45) is 11.3. The molecule has 0 spiro atoms. The molecule has 0 rings (SSSR count). The molecular formula is C14H29NO2. The average molecular weight is 243 g/mol. The van der Waals surface area contributed by atoms with E-state index in [4.69, 9.17) is 0 Å². The van der Waals surface area contributed by atoms with Gasteiger partial charge in [0, 0.05) is 6.20 Å². The Kier molecular flexibility index (Phi) is 10.3. The fourth-order valence-electron chi connectivity index (χ4n) is 1.80. The lowest BCUT2D eigenvalue weighted by Crippen LogP contribution is -2.35. The van der Waals surface area contributed by atoms with E-state index in [1.807, 2.05) is 6.08 Å². The predicted molar refractivity (Wildman–Crippen MR) is 72.3 cm³/mol. The van der Waals surface area contributed by atoms with E-state index < -0.39 is 12.5 Å². The molecule has 0 heterocycles. The largest absolute Gasteiger partial charge is 0.374 e. The van der Waals surface area contributed by atoms with E-state index in [9.17, 15) is 10.2 Å². The lowest BCUT2D eigenvalue weighted by molar-refractivity contribution is -0.0513. The highest BCUT2D eigenvalue weighted by Gasteiger charge is 2.10. The summed E-state index contributed by atoms with van der Waals surface area (Å²) in [7, 11) is 0. The number of hydrogen-bond acceptors (Lipinski definition) is 3. The maximum Gasteiger partial charge on any atom is 0.125 e. The third-order valence-electron chi connectivity index (χ3n) is 2.86. The molecular weight excluding hydrogens is 214 g/mol. The molecule has 0 aliphatic carbocycles. The van der Waals surface area contributed by atoms with Crippen LogP contribution < -0.4 is 0 Å². The van der Waals surface area contributed by atoms with Crippen molar-refractivity contribution in [3.63, 3.8) is 0 Å². The summed E-state index contributed by atoms with van der Waals surface area (Å²) in [6.45, 7) is 5.53. The van der Waals surface area contributed by atoms with Crippen LogP contribution in [0.15, 0.2) is 12.3 Å². The van der Waals surface area contributed by atoms with Crippen molar-refractivity contribution in [1.82, 2.24) is 4.90 Å². The second kappa shape index (κ2) is 10.6. The standard InChI is InChI=1S/C14H29NO2/c1-4-5-6-7-8-9-10-11-12-15(13(2)16)14(3)17/h11-14,16-17H,4-10H2,1-3H3. The number of allylic oxidation sites excluding steroid dienone is 1. The minimum absolute atomic E-state index is 0.643. The summed E-state index contributed by atoms with van der Waals surface area (Å²) in [5.41, 5.74) is 0. The van der Waals surface area contributed by atoms with E-state index >= 15 is 0 Å². The molecule has 2 atom stereocenters. The Bertz CT molecular complexity index is 183. The first-order valence-electron chi connectivity index (χ1n) is 6.89. The Labute approximate surface area is 106 Å². The zero-order valence-corrected chi connectivity index (χ0v) is 11.6. The Hall–Kier alpha value is -0.540. The van der Waals surface area contributed by atoms with Crippen LogP contribution in [0.2, 0.25) is 0 Å². The normalized spacial score (nSPS) is 15.1. The molecule has 17 heavy (non-hydrogen) atoms. The van der Waals surface area contributed by atoms with Crippen molar-refractivity contribution in [3.8, 4) is 0 Å². The van der Waals surface area contributed by atoms with Crippen LogP contribution in [0.1, 0.15) is 65.7 Å². The number of aliphatic hydroxyl groups excluding tert-OH is 2. The van der Waals surface area contributed by atoms with Gasteiger partial charge in [0.2, 0.25) is 0 Å². The van der Waals surface area contributed by atoms with Crippen LogP contribution in [0.5, 0.6) is 0 Å². The number of unbranched alkanes of at least 4 members (excludes halogenated alkanes) is 6. The Morgan fingerprint density at radius 2 is 1.47 bits per heavy atom. The van der Waals surface area contributed by atoms with Crippen molar-refractivity contribution in [2.24, 2.45) is 0 Å². The van der Waals surface area contributed by atoms with E-state index in [0.29, 0.717) is 0 Å². The zero-order chi connectivity index (χ0) is 13.1. The van der Waals surface area contributed by atoms with Gasteiger partial charge in [-0.05, 0) is 26.7 Å². The summed E-state index contributed by atoms with van der Waals surface area (Å²) in [4.78, 5) is 1.54. The molecule has 2 N–H and O–H groups in total. The lowest BCUT2D eigenvalue weighted by Gasteiger charge is -2.26. The Morgan fingerprint density at radius 3 is 2.00 bits per heavy atom. The number of aliphatic hydroxyl groups is 2. The van der Waals surface area contributed by atoms with Gasteiger partial charge in [-0.25, -0.2) is 0 Å². The number of hydrogen-bond donors (Lipinski definition) is 2. The minimum Gasteiger partial charge on any atom is -0.374 e. The lowest BCUT2D eigenvalue weighted by atomic mass is 10.1. The highest BCUT2D eigenvalue weighted by Crippen LogP contribution is 2.08. The molecule has 0 radical (unpaired) electrons. The molecule has 0 saturated heterocycles. The van der Waals surface area contributed by atoms with Gasteiger partial charge in [0.15, 0.2) is 0 Å². The quantitative estimate of drug-likeness (QED) is 0.457. The van der Waals surface area contributed by atoms with Gasteiger partial charge in [-0.2, -0.15) is 0 Å². The fraction of sp³-hybridized carbons (Fsp3) is 0.857. The Balaban J connectivity index is 3.57. The second-order valence-corrected chi connectivity index (χ2v) is 4.65. The average Bonchev–Trinajstić information content (AvgIpc) is 2.26. The third kappa shape index (κ3) is 9.19.